The quantitative estimate of drug-likeness (QED) is 0.660. The molecule has 1 fully saturated rings. The molecular weight excluding hydrogens is 282 g/mol. The molecule has 1 saturated carbocycles. The van der Waals surface area contributed by atoms with Gasteiger partial charge in [0.2, 0.25) is 10.0 Å². The summed E-state index contributed by atoms with van der Waals surface area (Å²) in [7, 11) is -3.70. The van der Waals surface area contributed by atoms with Gasteiger partial charge in [0, 0.05) is 17.8 Å². The Balaban J connectivity index is 1.75. The number of rotatable bonds is 6. The summed E-state index contributed by atoms with van der Waals surface area (Å²) in [4.78, 5) is 11.3. The van der Waals surface area contributed by atoms with Gasteiger partial charge < -0.3 is 15.8 Å². The zero-order valence-corrected chi connectivity index (χ0v) is 11.7. The summed E-state index contributed by atoms with van der Waals surface area (Å²) in [6, 6.07) is 6.11. The lowest BCUT2D eigenvalue weighted by molar-refractivity contribution is 0.245. The topological polar surface area (TPSA) is 111 Å². The van der Waals surface area contributed by atoms with Crippen LogP contribution < -0.4 is 20.5 Å². The Morgan fingerprint density at radius 1 is 1.40 bits per heavy atom. The van der Waals surface area contributed by atoms with E-state index in [1.54, 1.807) is 24.3 Å². The molecule has 0 heterocycles. The molecular formula is C12H17N3O4S. The van der Waals surface area contributed by atoms with Crippen LogP contribution in [0.3, 0.4) is 0 Å². The highest BCUT2D eigenvalue weighted by Crippen LogP contribution is 2.18. The molecule has 0 radical (unpaired) electrons. The fraction of sp³-hybridized carbons (Fsp3) is 0.417. The molecule has 7 nitrogen and oxygen atoms in total. The summed E-state index contributed by atoms with van der Waals surface area (Å²) in [6.07, 6.45) is 1.79. The lowest BCUT2D eigenvalue weighted by Gasteiger charge is -2.09. The van der Waals surface area contributed by atoms with Crippen molar-refractivity contribution in [2.45, 2.75) is 18.9 Å². The van der Waals surface area contributed by atoms with Crippen molar-refractivity contribution in [3.8, 4) is 5.75 Å². The van der Waals surface area contributed by atoms with Crippen LogP contribution in [0.4, 0.5) is 10.5 Å². The van der Waals surface area contributed by atoms with Crippen molar-refractivity contribution in [3.05, 3.63) is 24.3 Å². The van der Waals surface area contributed by atoms with Crippen LogP contribution in [0.25, 0.3) is 0 Å². The summed E-state index contributed by atoms with van der Waals surface area (Å²) < 4.78 is 30.5. The highest BCUT2D eigenvalue weighted by molar-refractivity contribution is 7.90. The fourth-order valence-corrected chi connectivity index (χ4v) is 2.25. The van der Waals surface area contributed by atoms with E-state index in [0.29, 0.717) is 11.4 Å². The molecule has 20 heavy (non-hydrogen) atoms. The third-order valence-electron chi connectivity index (χ3n) is 2.64. The maximum absolute atomic E-state index is 11.6. The van der Waals surface area contributed by atoms with Crippen LogP contribution in [-0.4, -0.2) is 32.9 Å². The van der Waals surface area contributed by atoms with Crippen LogP contribution in [0.1, 0.15) is 12.8 Å². The summed E-state index contributed by atoms with van der Waals surface area (Å²) in [6.45, 7) is -0.0600. The van der Waals surface area contributed by atoms with Crippen LogP contribution in [0.2, 0.25) is 0 Å². The largest absolute Gasteiger partial charge is 0.492 e. The van der Waals surface area contributed by atoms with Gasteiger partial charge in [-0.3, -0.25) is 0 Å². The van der Waals surface area contributed by atoms with Crippen LogP contribution in [0.5, 0.6) is 5.75 Å². The molecule has 1 aromatic carbocycles. The van der Waals surface area contributed by atoms with Gasteiger partial charge in [-0.1, -0.05) is 6.07 Å². The van der Waals surface area contributed by atoms with E-state index in [-0.39, 0.29) is 18.4 Å². The van der Waals surface area contributed by atoms with E-state index >= 15 is 0 Å². The minimum absolute atomic E-state index is 0.0600. The normalized spacial score (nSPS) is 14.6. The number of ether oxygens (including phenoxy) is 1. The minimum atomic E-state index is -3.70. The molecule has 2 rings (SSSR count). The van der Waals surface area contributed by atoms with Gasteiger partial charge in [-0.25, -0.2) is 17.9 Å². The number of urea groups is 1. The van der Waals surface area contributed by atoms with E-state index in [1.807, 2.05) is 4.72 Å². The first-order valence-corrected chi connectivity index (χ1v) is 7.89. The third kappa shape index (κ3) is 4.96. The number of nitrogen functional groups attached to an aromatic ring is 1. The Morgan fingerprint density at radius 3 is 2.80 bits per heavy atom. The zero-order chi connectivity index (χ0) is 14.6. The Bertz CT molecular complexity index is 584. The average molecular weight is 299 g/mol. The summed E-state index contributed by atoms with van der Waals surface area (Å²) in [5.74, 6) is 0.183. The number of carbonyl (C=O) groups excluding carboxylic acids is 1. The van der Waals surface area contributed by atoms with Gasteiger partial charge in [0.25, 0.3) is 0 Å². The maximum Gasteiger partial charge on any atom is 0.328 e. The fourth-order valence-electron chi connectivity index (χ4n) is 1.51. The number of hydrogen-bond donors (Lipinski definition) is 3. The highest BCUT2D eigenvalue weighted by atomic mass is 32.2. The first kappa shape index (κ1) is 14.4. The molecule has 2 amide bonds. The second kappa shape index (κ2) is 6.00. The Morgan fingerprint density at radius 2 is 2.15 bits per heavy atom. The van der Waals surface area contributed by atoms with Gasteiger partial charge in [0.15, 0.2) is 0 Å². The number of benzene rings is 1. The van der Waals surface area contributed by atoms with Gasteiger partial charge in [-0.2, -0.15) is 0 Å². The minimum Gasteiger partial charge on any atom is -0.492 e. The molecule has 4 N–H and O–H groups in total. The van der Waals surface area contributed by atoms with Crippen molar-refractivity contribution in [1.29, 1.82) is 0 Å². The van der Waals surface area contributed by atoms with E-state index in [4.69, 9.17) is 10.5 Å². The highest BCUT2D eigenvalue weighted by Gasteiger charge is 2.25. The molecule has 0 saturated heterocycles. The second-order valence-corrected chi connectivity index (χ2v) is 6.43. The van der Waals surface area contributed by atoms with Crippen molar-refractivity contribution in [2.75, 3.05) is 18.1 Å². The average Bonchev–Trinajstić information content (AvgIpc) is 3.11. The van der Waals surface area contributed by atoms with Crippen molar-refractivity contribution in [1.82, 2.24) is 10.0 Å². The number of anilines is 1. The number of nitrogens with one attached hydrogen (secondary N) is 2. The van der Waals surface area contributed by atoms with Crippen LogP contribution in [0.15, 0.2) is 24.3 Å². The van der Waals surface area contributed by atoms with E-state index in [9.17, 15) is 13.2 Å². The molecule has 0 atom stereocenters. The zero-order valence-electron chi connectivity index (χ0n) is 10.8. The molecule has 0 unspecified atom stereocenters. The Kier molecular flexibility index (Phi) is 4.33. The van der Waals surface area contributed by atoms with E-state index in [0.717, 1.165) is 12.8 Å². The number of carbonyl (C=O) groups is 1. The molecule has 1 aliphatic rings. The lowest BCUT2D eigenvalue weighted by atomic mass is 10.3. The maximum atomic E-state index is 11.6. The lowest BCUT2D eigenvalue weighted by Crippen LogP contribution is -2.42. The Labute approximate surface area is 117 Å². The number of nitrogens with two attached hydrogens (primary N) is 1. The van der Waals surface area contributed by atoms with Gasteiger partial charge in [-0.15, -0.1) is 0 Å². The Hall–Kier alpha value is -1.96. The number of amides is 2. The molecule has 110 valence electrons. The smallest absolute Gasteiger partial charge is 0.328 e. The van der Waals surface area contributed by atoms with Gasteiger partial charge >= 0.3 is 6.03 Å². The second-order valence-electron chi connectivity index (χ2n) is 4.59. The van der Waals surface area contributed by atoms with Crippen molar-refractivity contribution < 1.29 is 17.9 Å². The molecule has 0 aromatic heterocycles. The summed E-state index contributed by atoms with van der Waals surface area (Å²) in [5.41, 5.74) is 6.11. The van der Waals surface area contributed by atoms with E-state index < -0.39 is 16.1 Å². The first-order chi connectivity index (χ1) is 9.44. The van der Waals surface area contributed by atoms with Crippen molar-refractivity contribution in [2.24, 2.45) is 0 Å². The van der Waals surface area contributed by atoms with Gasteiger partial charge in [0.1, 0.15) is 18.1 Å². The number of sulfonamides is 1. The monoisotopic (exact) mass is 299 g/mol. The predicted octanol–water partition coefficient (Wildman–Crippen LogP) is 0.439. The molecule has 0 aliphatic heterocycles. The SMILES string of the molecule is Nc1cccc(OCCS(=O)(=O)NC(=O)NC2CC2)c1. The van der Waals surface area contributed by atoms with Gasteiger partial charge in [0.05, 0.1) is 0 Å². The molecule has 0 bridgehead atoms. The molecule has 1 aromatic rings. The molecule has 8 heteroatoms. The van der Waals surface area contributed by atoms with E-state index in [1.165, 1.54) is 0 Å². The van der Waals surface area contributed by atoms with Crippen molar-refractivity contribution in [3.63, 3.8) is 0 Å². The summed E-state index contributed by atoms with van der Waals surface area (Å²) >= 11 is 0. The predicted molar refractivity (Wildman–Crippen MR) is 74.8 cm³/mol. The van der Waals surface area contributed by atoms with Crippen molar-refractivity contribution >= 4 is 21.7 Å². The first-order valence-electron chi connectivity index (χ1n) is 6.24. The summed E-state index contributed by atoms with van der Waals surface area (Å²) in [5, 5.41) is 2.54. The van der Waals surface area contributed by atoms with Crippen LogP contribution >= 0.6 is 0 Å². The van der Waals surface area contributed by atoms with Gasteiger partial charge in [-0.05, 0) is 25.0 Å². The number of hydrogen-bond acceptors (Lipinski definition) is 5. The third-order valence-corrected chi connectivity index (χ3v) is 3.84. The molecule has 0 spiro atoms. The standard InChI is InChI=1S/C12H17N3O4S/c13-9-2-1-3-11(8-9)19-6-7-20(17,18)15-12(16)14-10-4-5-10/h1-3,8,10H,4-7,13H2,(H2,14,15,16). The van der Waals surface area contributed by atoms with Crippen LogP contribution in [0, 0.1) is 0 Å². The molecule has 1 aliphatic carbocycles. The van der Waals surface area contributed by atoms with Crippen LogP contribution in [-0.2, 0) is 10.0 Å². The van der Waals surface area contributed by atoms with E-state index in [2.05, 4.69) is 5.32 Å².